The van der Waals surface area contributed by atoms with E-state index >= 15 is 0 Å². The van der Waals surface area contributed by atoms with E-state index in [1.807, 2.05) is 6.07 Å². The van der Waals surface area contributed by atoms with Gasteiger partial charge in [0.1, 0.15) is 5.75 Å². The second-order valence-electron chi connectivity index (χ2n) is 4.03. The topological polar surface area (TPSA) is 27.7 Å². The molecule has 0 heterocycles. The lowest BCUT2D eigenvalue weighted by Gasteiger charge is -2.11. The molecule has 0 spiro atoms. The first-order chi connectivity index (χ1) is 8.25. The molecule has 0 aliphatic heterocycles. The van der Waals surface area contributed by atoms with E-state index in [1.54, 1.807) is 7.11 Å². The van der Waals surface area contributed by atoms with Gasteiger partial charge in [-0.05, 0) is 25.0 Å². The SMILES string of the molecule is COCCOCCCOc1c(C)cccc1C. The van der Waals surface area contributed by atoms with Crippen molar-refractivity contribution in [2.75, 3.05) is 33.5 Å². The standard InChI is InChI=1S/C14H22O3/c1-12-6-4-7-13(2)14(12)17-9-5-8-16-11-10-15-3/h4,6-7H,5,8-11H2,1-3H3. The van der Waals surface area contributed by atoms with Crippen LogP contribution >= 0.6 is 0 Å². The fourth-order valence-electron chi connectivity index (χ4n) is 1.61. The molecule has 0 N–H and O–H groups in total. The Bertz CT molecular complexity index is 303. The summed E-state index contributed by atoms with van der Waals surface area (Å²) in [5, 5.41) is 0. The molecule has 0 amide bonds. The Morgan fingerprint density at radius 1 is 0.941 bits per heavy atom. The van der Waals surface area contributed by atoms with Crippen molar-refractivity contribution in [2.24, 2.45) is 0 Å². The Hall–Kier alpha value is -1.06. The quantitative estimate of drug-likeness (QED) is 0.652. The maximum Gasteiger partial charge on any atom is 0.125 e. The fraction of sp³-hybridized carbons (Fsp3) is 0.571. The fourth-order valence-corrected chi connectivity index (χ4v) is 1.61. The van der Waals surface area contributed by atoms with Crippen molar-refractivity contribution in [3.05, 3.63) is 29.3 Å². The molecule has 0 radical (unpaired) electrons. The minimum absolute atomic E-state index is 0.651. The first-order valence-electron chi connectivity index (χ1n) is 6.01. The van der Waals surface area contributed by atoms with E-state index in [2.05, 4.69) is 26.0 Å². The summed E-state index contributed by atoms with van der Waals surface area (Å²) in [5.74, 6) is 1.00. The van der Waals surface area contributed by atoms with Gasteiger partial charge in [0.05, 0.1) is 19.8 Å². The van der Waals surface area contributed by atoms with Crippen LogP contribution in [0.15, 0.2) is 18.2 Å². The average Bonchev–Trinajstić information content (AvgIpc) is 2.31. The van der Waals surface area contributed by atoms with Gasteiger partial charge >= 0.3 is 0 Å². The van der Waals surface area contributed by atoms with Crippen molar-refractivity contribution < 1.29 is 14.2 Å². The molecule has 0 atom stereocenters. The highest BCUT2D eigenvalue weighted by molar-refractivity contribution is 5.39. The molecule has 0 bridgehead atoms. The zero-order chi connectivity index (χ0) is 12.5. The maximum absolute atomic E-state index is 5.76. The van der Waals surface area contributed by atoms with E-state index in [1.165, 1.54) is 11.1 Å². The summed E-state index contributed by atoms with van der Waals surface area (Å²) in [4.78, 5) is 0. The predicted molar refractivity (Wildman–Crippen MR) is 68.7 cm³/mol. The van der Waals surface area contributed by atoms with Crippen LogP contribution in [0.2, 0.25) is 0 Å². The summed E-state index contributed by atoms with van der Waals surface area (Å²) in [6, 6.07) is 6.18. The highest BCUT2D eigenvalue weighted by atomic mass is 16.5. The Balaban J connectivity index is 2.18. The van der Waals surface area contributed by atoms with E-state index in [4.69, 9.17) is 14.2 Å². The Morgan fingerprint density at radius 2 is 1.65 bits per heavy atom. The summed E-state index contributed by atoms with van der Waals surface area (Å²) in [7, 11) is 1.67. The van der Waals surface area contributed by atoms with Crippen LogP contribution in [0, 0.1) is 13.8 Å². The first kappa shape index (κ1) is 14.0. The van der Waals surface area contributed by atoms with Crippen LogP contribution in [0.25, 0.3) is 0 Å². The van der Waals surface area contributed by atoms with Gasteiger partial charge in [0.25, 0.3) is 0 Å². The molecule has 1 aromatic rings. The van der Waals surface area contributed by atoms with E-state index < -0.39 is 0 Å². The molecule has 0 unspecified atom stereocenters. The minimum Gasteiger partial charge on any atom is -0.493 e. The minimum atomic E-state index is 0.651. The van der Waals surface area contributed by atoms with Crippen LogP contribution in [-0.2, 0) is 9.47 Å². The van der Waals surface area contributed by atoms with E-state index in [0.29, 0.717) is 26.4 Å². The summed E-state index contributed by atoms with van der Waals surface area (Å²) < 4.78 is 16.0. The predicted octanol–water partition coefficient (Wildman–Crippen LogP) is 2.74. The van der Waals surface area contributed by atoms with Gasteiger partial charge in [-0.15, -0.1) is 0 Å². The van der Waals surface area contributed by atoms with Crippen LogP contribution in [0.1, 0.15) is 17.5 Å². The summed E-state index contributed by atoms with van der Waals surface area (Å²) in [5.41, 5.74) is 2.37. The number of hydrogen-bond acceptors (Lipinski definition) is 3. The normalized spacial score (nSPS) is 10.5. The molecule has 1 rings (SSSR count). The van der Waals surface area contributed by atoms with E-state index in [-0.39, 0.29) is 0 Å². The number of methoxy groups -OCH3 is 1. The molecule has 96 valence electrons. The maximum atomic E-state index is 5.76. The molecule has 0 saturated heterocycles. The lowest BCUT2D eigenvalue weighted by molar-refractivity contribution is 0.0643. The smallest absolute Gasteiger partial charge is 0.125 e. The zero-order valence-electron chi connectivity index (χ0n) is 11.0. The number of para-hydroxylation sites is 1. The molecule has 0 fully saturated rings. The van der Waals surface area contributed by atoms with Crippen LogP contribution in [0.5, 0.6) is 5.75 Å². The molecule has 0 aliphatic rings. The number of benzene rings is 1. The van der Waals surface area contributed by atoms with Gasteiger partial charge in [-0.2, -0.15) is 0 Å². The molecular formula is C14H22O3. The molecular weight excluding hydrogens is 216 g/mol. The summed E-state index contributed by atoms with van der Waals surface area (Å²) in [6.07, 6.45) is 0.900. The Morgan fingerprint density at radius 3 is 2.29 bits per heavy atom. The summed E-state index contributed by atoms with van der Waals surface area (Å²) >= 11 is 0. The average molecular weight is 238 g/mol. The molecule has 1 aromatic carbocycles. The monoisotopic (exact) mass is 238 g/mol. The molecule has 3 nitrogen and oxygen atoms in total. The number of ether oxygens (including phenoxy) is 3. The Labute approximate surface area is 104 Å². The third-order valence-electron chi connectivity index (χ3n) is 2.52. The second-order valence-corrected chi connectivity index (χ2v) is 4.03. The Kier molecular flexibility index (Phi) is 6.67. The number of aryl methyl sites for hydroxylation is 2. The van der Waals surface area contributed by atoms with Crippen LogP contribution in [0.3, 0.4) is 0 Å². The van der Waals surface area contributed by atoms with Crippen LogP contribution in [0.4, 0.5) is 0 Å². The molecule has 0 aromatic heterocycles. The summed E-state index contributed by atoms with van der Waals surface area (Å²) in [6.45, 7) is 6.85. The molecule has 3 heteroatoms. The van der Waals surface area contributed by atoms with Crippen molar-refractivity contribution in [1.82, 2.24) is 0 Å². The van der Waals surface area contributed by atoms with Crippen molar-refractivity contribution in [2.45, 2.75) is 20.3 Å². The van der Waals surface area contributed by atoms with Gasteiger partial charge in [0.2, 0.25) is 0 Å². The van der Waals surface area contributed by atoms with Crippen LogP contribution < -0.4 is 4.74 Å². The van der Waals surface area contributed by atoms with Gasteiger partial charge < -0.3 is 14.2 Å². The molecule has 17 heavy (non-hydrogen) atoms. The van der Waals surface area contributed by atoms with Crippen molar-refractivity contribution in [3.63, 3.8) is 0 Å². The van der Waals surface area contributed by atoms with Gasteiger partial charge in [0.15, 0.2) is 0 Å². The zero-order valence-corrected chi connectivity index (χ0v) is 11.0. The van der Waals surface area contributed by atoms with Crippen molar-refractivity contribution in [3.8, 4) is 5.75 Å². The van der Waals surface area contributed by atoms with Gasteiger partial charge in [0, 0.05) is 20.1 Å². The lowest BCUT2D eigenvalue weighted by Crippen LogP contribution is -2.07. The first-order valence-corrected chi connectivity index (χ1v) is 6.01. The van der Waals surface area contributed by atoms with Gasteiger partial charge in [-0.1, -0.05) is 18.2 Å². The molecule has 0 saturated carbocycles. The van der Waals surface area contributed by atoms with Crippen LogP contribution in [-0.4, -0.2) is 33.5 Å². The van der Waals surface area contributed by atoms with E-state index in [0.717, 1.165) is 12.2 Å². The third kappa shape index (κ3) is 5.20. The number of rotatable bonds is 8. The molecule has 0 aliphatic carbocycles. The van der Waals surface area contributed by atoms with E-state index in [9.17, 15) is 0 Å². The van der Waals surface area contributed by atoms with Gasteiger partial charge in [-0.25, -0.2) is 0 Å². The van der Waals surface area contributed by atoms with Crippen molar-refractivity contribution >= 4 is 0 Å². The lowest BCUT2D eigenvalue weighted by atomic mass is 10.1. The number of hydrogen-bond donors (Lipinski definition) is 0. The second kappa shape index (κ2) is 8.09. The largest absolute Gasteiger partial charge is 0.493 e. The highest BCUT2D eigenvalue weighted by Gasteiger charge is 2.02. The third-order valence-corrected chi connectivity index (χ3v) is 2.52. The van der Waals surface area contributed by atoms with Gasteiger partial charge in [-0.3, -0.25) is 0 Å². The van der Waals surface area contributed by atoms with Crippen molar-refractivity contribution in [1.29, 1.82) is 0 Å². The highest BCUT2D eigenvalue weighted by Crippen LogP contribution is 2.22.